The van der Waals surface area contributed by atoms with E-state index in [9.17, 15) is 4.79 Å². The minimum atomic E-state index is -1.22. The van der Waals surface area contributed by atoms with Crippen LogP contribution < -0.4 is 0 Å². The molecule has 0 amide bonds. The van der Waals surface area contributed by atoms with Gasteiger partial charge < -0.3 is 15.3 Å². The molecule has 1 aromatic heterocycles. The highest BCUT2D eigenvalue weighted by atomic mass is 80.0. The number of aliphatic carboxylic acids is 1. The van der Waals surface area contributed by atoms with Crippen LogP contribution in [0.25, 0.3) is 10.4 Å². The Labute approximate surface area is 391 Å². The van der Waals surface area contributed by atoms with E-state index in [-0.39, 0.29) is 16.3 Å². The number of aryl methyl sites for hydroxylation is 4. The fraction of sp³-hybridized carbons (Fsp3) is 0.211. The van der Waals surface area contributed by atoms with Crippen LogP contribution >= 0.6 is 113 Å². The zero-order chi connectivity index (χ0) is 44.4. The lowest BCUT2D eigenvalue weighted by Gasteiger charge is -2.04. The fourth-order valence-electron chi connectivity index (χ4n) is 3.86. The number of azide groups is 1. The predicted molar refractivity (Wildman–Crippen MR) is 252 cm³/mol. The molecule has 3 N–H and O–H groups in total. The van der Waals surface area contributed by atoms with Crippen molar-refractivity contribution >= 4 is 125 Å². The number of hydrogen-bond donors (Lipinski definition) is 3. The quantitative estimate of drug-likeness (QED) is 0.0363. The Bertz CT molecular complexity index is 2120. The number of aromatic carboxylic acids is 1. The first-order valence-electron chi connectivity index (χ1n) is 16.1. The number of hydrogen-bond acceptors (Lipinski definition) is 6. The van der Waals surface area contributed by atoms with Crippen LogP contribution in [0.2, 0.25) is 20.1 Å². The van der Waals surface area contributed by atoms with Gasteiger partial charge in [0.2, 0.25) is 0 Å². The number of carbonyl (C=O) groups is 2. The molecule has 5 rings (SSSR count). The van der Waals surface area contributed by atoms with E-state index in [4.69, 9.17) is 72.0 Å². The number of aliphatic hydroxyl groups is 1. The summed E-state index contributed by atoms with van der Waals surface area (Å²) in [5, 5.41) is 39.2. The Balaban J connectivity index is 0.000000711. The van der Waals surface area contributed by atoms with Gasteiger partial charge in [0, 0.05) is 36.3 Å². The van der Waals surface area contributed by atoms with Crippen LogP contribution in [0.4, 0.5) is 0 Å². The molecule has 5 aromatic rings. The first-order valence-corrected chi connectivity index (χ1v) is 26.1. The Morgan fingerprint density at radius 1 is 0.793 bits per heavy atom. The highest BCUT2D eigenvalue weighted by Crippen LogP contribution is 2.59. The second-order valence-corrected chi connectivity index (χ2v) is 28.8. The molecule has 0 saturated carbocycles. The van der Waals surface area contributed by atoms with Crippen molar-refractivity contribution in [3.05, 3.63) is 160 Å². The average Bonchev–Trinajstić information content (AvgIpc) is 3.63. The van der Waals surface area contributed by atoms with E-state index in [0.29, 0.717) is 28.2 Å². The molecule has 0 saturated heterocycles. The van der Waals surface area contributed by atoms with E-state index in [1.807, 2.05) is 94.4 Å². The summed E-state index contributed by atoms with van der Waals surface area (Å²) in [5.41, 5.74) is 16.2. The highest BCUT2D eigenvalue weighted by molar-refractivity contribution is 9.93. The zero-order valence-corrected chi connectivity index (χ0v) is 41.5. The number of carboxylic acid groups (broad SMARTS) is 2. The first kappa shape index (κ1) is 55.3. The van der Waals surface area contributed by atoms with Crippen molar-refractivity contribution in [2.45, 2.75) is 52.7 Å². The topological polar surface area (TPSA) is 174 Å². The molecule has 310 valence electrons. The molecule has 0 atom stereocenters. The standard InChI is InChI=1S/C11H10ClN3O2.C8H8BrCl.C8H8ClN3.C8H9ClO.C3H2O2.Br3P/c1-7-2-3-8(9(12)4-7)5-15-6-10(11(16)17)13-14-15;1-6-2-3-7(5-9)8(10)4-6;1-6-2-3-7(5-11-12-10)8(9)4-6;1-6-2-3-7(5-10)8(9)4-6;1-2-3(4)5;1-4(2)3/h2-4,6H,5H2,1H3,(H,16,17);2-4H,5H2,1H3;2-4H,5H2,1H3;2-4,10H,5H2,1H3;1H,(H,4,5);. The molecule has 4 aromatic carbocycles. The summed E-state index contributed by atoms with van der Waals surface area (Å²) in [7, 11) is 0. The van der Waals surface area contributed by atoms with Crippen molar-refractivity contribution in [2.75, 3.05) is 0 Å². The third-order valence-electron chi connectivity index (χ3n) is 6.67. The number of terminal acetylenes is 1. The van der Waals surface area contributed by atoms with E-state index in [1.54, 1.807) is 0 Å². The normalized spacial score (nSPS) is 9.47. The summed E-state index contributed by atoms with van der Waals surface area (Å²) in [5.74, 6) is -0.865. The molecule has 0 spiro atoms. The van der Waals surface area contributed by atoms with Gasteiger partial charge in [-0.05, 0) is 148 Å². The van der Waals surface area contributed by atoms with E-state index in [0.717, 1.165) is 49.3 Å². The first-order chi connectivity index (χ1) is 27.3. The summed E-state index contributed by atoms with van der Waals surface area (Å²) in [6, 6.07) is 23.0. The SMILES string of the molecule is BrP(Br)Br.C#CC(=O)O.Cc1ccc(CBr)c(Cl)c1.Cc1ccc(CN=[N+]=[N-])c(Cl)c1.Cc1ccc(CO)c(Cl)c1.Cc1ccc(Cn2cc(C(=O)O)nn2)c(Cl)c1. The Hall–Kier alpha value is -2.70. The molecule has 0 fully saturated rings. The van der Waals surface area contributed by atoms with Crippen LogP contribution in [0.1, 0.15) is 55.0 Å². The lowest BCUT2D eigenvalue weighted by molar-refractivity contribution is -0.130. The lowest BCUT2D eigenvalue weighted by Crippen LogP contribution is -2.01. The van der Waals surface area contributed by atoms with Crippen LogP contribution in [-0.2, 0) is 29.8 Å². The van der Waals surface area contributed by atoms with Gasteiger partial charge in [-0.1, -0.05) is 121 Å². The van der Waals surface area contributed by atoms with Crippen molar-refractivity contribution in [3.63, 3.8) is 0 Å². The number of carboxylic acids is 2. The molecule has 58 heavy (non-hydrogen) atoms. The fourth-order valence-corrected chi connectivity index (χ4v) is 5.70. The molecule has 20 heteroatoms. The van der Waals surface area contributed by atoms with Crippen molar-refractivity contribution in [2.24, 2.45) is 5.11 Å². The maximum atomic E-state index is 10.6. The van der Waals surface area contributed by atoms with Crippen molar-refractivity contribution < 1.29 is 24.9 Å². The Morgan fingerprint density at radius 2 is 1.17 bits per heavy atom. The van der Waals surface area contributed by atoms with Crippen molar-refractivity contribution in [1.82, 2.24) is 15.0 Å². The number of alkyl halides is 1. The van der Waals surface area contributed by atoms with Crippen molar-refractivity contribution in [1.29, 1.82) is 0 Å². The van der Waals surface area contributed by atoms with Crippen LogP contribution in [-0.4, -0.2) is 42.3 Å². The molecule has 0 bridgehead atoms. The van der Waals surface area contributed by atoms with Gasteiger partial charge in [0.1, 0.15) is 4.03 Å². The molecule has 11 nitrogen and oxygen atoms in total. The Kier molecular flexibility index (Phi) is 29.8. The average molecular weight is 1150 g/mol. The summed E-state index contributed by atoms with van der Waals surface area (Å²) in [6.45, 7) is 8.64. The predicted octanol–water partition coefficient (Wildman–Crippen LogP) is 14.2. The van der Waals surface area contributed by atoms with Gasteiger partial charge in [0.05, 0.1) is 25.9 Å². The van der Waals surface area contributed by atoms with Crippen LogP contribution in [0.5, 0.6) is 0 Å². The molecule has 0 radical (unpaired) electrons. The van der Waals surface area contributed by atoms with Gasteiger partial charge in [-0.2, -0.15) is 0 Å². The smallest absolute Gasteiger partial charge is 0.381 e. The number of aromatic nitrogens is 3. The van der Waals surface area contributed by atoms with Crippen LogP contribution in [0, 0.1) is 40.0 Å². The minimum absolute atomic E-state index is 0.0130. The monoisotopic (exact) mass is 1140 g/mol. The second-order valence-electron chi connectivity index (χ2n) is 11.3. The molecule has 0 aliphatic heterocycles. The van der Waals surface area contributed by atoms with Gasteiger partial charge in [0.15, 0.2) is 5.69 Å². The van der Waals surface area contributed by atoms with Crippen LogP contribution in [0.3, 0.4) is 0 Å². The van der Waals surface area contributed by atoms with E-state index < -0.39 is 11.9 Å². The van der Waals surface area contributed by atoms with Gasteiger partial charge in [0.25, 0.3) is 0 Å². The number of nitrogens with zero attached hydrogens (tertiary/aromatic N) is 6. The summed E-state index contributed by atoms with van der Waals surface area (Å²) in [4.78, 5) is 22.4. The zero-order valence-electron chi connectivity index (χ0n) is 31.2. The summed E-state index contributed by atoms with van der Waals surface area (Å²) in [6.07, 6.45) is 5.70. The third-order valence-corrected chi connectivity index (χ3v) is 8.68. The Morgan fingerprint density at radius 3 is 1.48 bits per heavy atom. The van der Waals surface area contributed by atoms with Gasteiger partial charge >= 0.3 is 11.9 Å². The number of aliphatic hydroxyl groups excluding tert-OH is 1. The van der Waals surface area contributed by atoms with Crippen LogP contribution in [0.15, 0.2) is 84.1 Å². The van der Waals surface area contributed by atoms with Gasteiger partial charge in [-0.3, -0.25) is 0 Å². The molecular formula is C38H37Br4Cl4N6O5P. The number of benzene rings is 4. The minimum Gasteiger partial charge on any atom is -0.476 e. The molecule has 0 aliphatic carbocycles. The maximum absolute atomic E-state index is 10.6. The lowest BCUT2D eigenvalue weighted by atomic mass is 10.1. The second kappa shape index (κ2) is 31.2. The number of rotatable bonds is 7. The molecule has 1 heterocycles. The van der Waals surface area contributed by atoms with E-state index in [1.165, 1.54) is 22.4 Å². The highest BCUT2D eigenvalue weighted by Gasteiger charge is 2.09. The molecule has 0 unspecified atom stereocenters. The molecule has 0 aliphatic rings. The summed E-state index contributed by atoms with van der Waals surface area (Å²) < 4.78 is 1.26. The van der Waals surface area contributed by atoms with Gasteiger partial charge in [-0.25, -0.2) is 14.3 Å². The number of halogens is 8. The van der Waals surface area contributed by atoms with Crippen molar-refractivity contribution in [3.8, 4) is 12.3 Å². The van der Waals surface area contributed by atoms with E-state index in [2.05, 4.69) is 95.2 Å². The largest absolute Gasteiger partial charge is 0.476 e. The van der Waals surface area contributed by atoms with Gasteiger partial charge in [-0.15, -0.1) is 11.5 Å². The molecular weight excluding hydrogens is 1110 g/mol. The third kappa shape index (κ3) is 25.0. The van der Waals surface area contributed by atoms with E-state index >= 15 is 0 Å². The summed E-state index contributed by atoms with van der Waals surface area (Å²) >= 11 is 36.5. The maximum Gasteiger partial charge on any atom is 0.381 e.